The highest BCUT2D eigenvalue weighted by atomic mass is 16.5. The monoisotopic (exact) mass is 416 g/mol. The topological polar surface area (TPSA) is 92.7 Å². The number of allylic oxidation sites excluding steroid dienone is 4. The van der Waals surface area contributed by atoms with Crippen LogP contribution in [0.2, 0.25) is 0 Å². The van der Waals surface area contributed by atoms with Crippen molar-refractivity contribution < 1.29 is 14.3 Å². The second kappa shape index (κ2) is 10.2. The minimum atomic E-state index is -0.512. The molecule has 7 nitrogen and oxygen atoms in total. The molecule has 0 saturated heterocycles. The fourth-order valence-corrected chi connectivity index (χ4v) is 2.93. The first-order chi connectivity index (χ1) is 15.0. The van der Waals surface area contributed by atoms with Crippen molar-refractivity contribution >= 4 is 23.3 Å². The maximum Gasteiger partial charge on any atom is 0.356 e. The molecule has 2 N–H and O–H groups in total. The lowest BCUT2D eigenvalue weighted by atomic mass is 10.1. The first kappa shape index (κ1) is 21.7. The van der Waals surface area contributed by atoms with Crippen LogP contribution in [0.4, 0.5) is 5.69 Å². The van der Waals surface area contributed by atoms with Crippen molar-refractivity contribution in [2.45, 2.75) is 19.9 Å². The maximum atomic E-state index is 12.5. The molecule has 0 saturated carbocycles. The molecule has 0 fully saturated rings. The third kappa shape index (κ3) is 5.99. The van der Waals surface area contributed by atoms with Crippen LogP contribution in [0.1, 0.15) is 34.5 Å². The van der Waals surface area contributed by atoms with Crippen molar-refractivity contribution in [2.75, 3.05) is 12.4 Å². The Hall–Kier alpha value is -4.00. The molecule has 1 amide bonds. The molecule has 0 aliphatic carbocycles. The van der Waals surface area contributed by atoms with E-state index in [0.717, 1.165) is 11.1 Å². The number of rotatable bonds is 6. The molecule has 1 aliphatic heterocycles. The van der Waals surface area contributed by atoms with E-state index in [-0.39, 0.29) is 17.7 Å². The highest BCUT2D eigenvalue weighted by Crippen LogP contribution is 2.20. The fraction of sp³-hybridized carbons (Fsp3) is 0.167. The van der Waals surface area contributed by atoms with E-state index in [2.05, 4.69) is 20.6 Å². The summed E-state index contributed by atoms with van der Waals surface area (Å²) in [5, 5.41) is 6.19. The molecule has 1 aromatic heterocycles. The number of aryl methyl sites for hydroxylation is 1. The van der Waals surface area contributed by atoms with Gasteiger partial charge in [0.2, 0.25) is 0 Å². The van der Waals surface area contributed by atoms with Crippen LogP contribution < -0.4 is 10.6 Å². The van der Waals surface area contributed by atoms with E-state index in [1.165, 1.54) is 13.3 Å². The smallest absolute Gasteiger partial charge is 0.356 e. The molecule has 2 aromatic rings. The number of ether oxygens (including phenoxy) is 1. The van der Waals surface area contributed by atoms with Crippen LogP contribution in [0.3, 0.4) is 0 Å². The average molecular weight is 416 g/mol. The molecule has 0 radical (unpaired) electrons. The Morgan fingerprint density at radius 2 is 1.94 bits per heavy atom. The summed E-state index contributed by atoms with van der Waals surface area (Å²) in [5.41, 5.74) is 3.23. The van der Waals surface area contributed by atoms with Gasteiger partial charge in [-0.15, -0.1) is 0 Å². The number of carbonyl (C=O) groups is 2. The maximum absolute atomic E-state index is 12.5. The minimum Gasteiger partial charge on any atom is -0.464 e. The molecule has 1 aliphatic rings. The highest BCUT2D eigenvalue weighted by Gasteiger charge is 2.13. The van der Waals surface area contributed by atoms with E-state index in [1.54, 1.807) is 36.6 Å². The van der Waals surface area contributed by atoms with Gasteiger partial charge in [0.25, 0.3) is 5.91 Å². The van der Waals surface area contributed by atoms with Gasteiger partial charge in [-0.25, -0.2) is 9.79 Å². The number of pyridine rings is 1. The van der Waals surface area contributed by atoms with Gasteiger partial charge in [-0.3, -0.25) is 9.78 Å². The largest absolute Gasteiger partial charge is 0.464 e. The number of aromatic nitrogens is 1. The number of amides is 1. The third-order valence-electron chi connectivity index (χ3n) is 4.51. The van der Waals surface area contributed by atoms with Crippen molar-refractivity contribution in [1.29, 1.82) is 0 Å². The second-order valence-corrected chi connectivity index (χ2v) is 6.98. The van der Waals surface area contributed by atoms with Gasteiger partial charge < -0.3 is 15.4 Å². The Bertz CT molecular complexity index is 1100. The Morgan fingerprint density at radius 1 is 1.10 bits per heavy atom. The number of esters is 1. The first-order valence-electron chi connectivity index (χ1n) is 9.78. The van der Waals surface area contributed by atoms with Crippen molar-refractivity contribution in [3.63, 3.8) is 0 Å². The standard InChI is InChI=1S/C24H24N4O3/c1-16-12-19(15-25-14-16)23(29)27-20-9-7-8-18(13-20)17(2)26-22-11-6-4-5-10-21(28-22)24(30)31-3/h4-15,17H,1-3H3,(H,26,28)(H,27,29)/t17-/m0/s1. The molecule has 158 valence electrons. The Balaban J connectivity index is 1.74. The number of nitrogens with zero attached hydrogens (tertiary/aromatic N) is 2. The molecular formula is C24H24N4O3. The Kier molecular flexibility index (Phi) is 7.11. The van der Waals surface area contributed by atoms with E-state index < -0.39 is 5.97 Å². The summed E-state index contributed by atoms with van der Waals surface area (Å²) in [6.07, 6.45) is 12.0. The molecule has 0 bridgehead atoms. The zero-order valence-corrected chi connectivity index (χ0v) is 17.6. The van der Waals surface area contributed by atoms with Gasteiger partial charge in [0.1, 0.15) is 5.82 Å². The number of benzene rings is 1. The number of hydrogen-bond acceptors (Lipinski definition) is 6. The van der Waals surface area contributed by atoms with Gasteiger partial charge >= 0.3 is 5.97 Å². The van der Waals surface area contributed by atoms with Crippen LogP contribution in [0, 0.1) is 6.92 Å². The van der Waals surface area contributed by atoms with Gasteiger partial charge in [0.15, 0.2) is 5.71 Å². The number of methoxy groups -OCH3 is 1. The number of hydrogen-bond donors (Lipinski definition) is 2. The molecule has 1 atom stereocenters. The van der Waals surface area contributed by atoms with Gasteiger partial charge in [-0.2, -0.15) is 0 Å². The molecule has 0 spiro atoms. The quantitative estimate of drug-likeness (QED) is 0.698. The molecule has 2 heterocycles. The average Bonchev–Trinajstić information content (AvgIpc) is 2.75. The normalized spacial score (nSPS) is 19.3. The minimum absolute atomic E-state index is 0.136. The third-order valence-corrected chi connectivity index (χ3v) is 4.51. The lowest BCUT2D eigenvalue weighted by Gasteiger charge is -2.17. The van der Waals surface area contributed by atoms with Crippen LogP contribution in [0.25, 0.3) is 0 Å². The van der Waals surface area contributed by atoms with Crippen molar-refractivity contribution in [3.8, 4) is 0 Å². The van der Waals surface area contributed by atoms with E-state index >= 15 is 0 Å². The predicted molar refractivity (Wildman–Crippen MR) is 121 cm³/mol. The Morgan fingerprint density at radius 3 is 2.71 bits per heavy atom. The van der Waals surface area contributed by atoms with E-state index in [4.69, 9.17) is 4.74 Å². The molecule has 3 rings (SSSR count). The van der Waals surface area contributed by atoms with Crippen LogP contribution in [0.15, 0.2) is 83.9 Å². The number of carbonyl (C=O) groups excluding carboxylic acids is 2. The van der Waals surface area contributed by atoms with Gasteiger partial charge in [-0.1, -0.05) is 30.4 Å². The summed E-state index contributed by atoms with van der Waals surface area (Å²) >= 11 is 0. The SMILES string of the molecule is COC(=O)C1=N/C(N[C@@H](C)c2cccc(NC(=O)c3cncc(C)c3)c2)=C\C=C\C=C\1. The van der Waals surface area contributed by atoms with E-state index in [9.17, 15) is 9.59 Å². The summed E-state index contributed by atoms with van der Waals surface area (Å²) in [6, 6.07) is 9.19. The molecule has 1 aromatic carbocycles. The number of aliphatic imine (C=N–C) groups is 1. The van der Waals surface area contributed by atoms with Crippen LogP contribution in [-0.4, -0.2) is 29.7 Å². The van der Waals surface area contributed by atoms with Crippen LogP contribution in [0.5, 0.6) is 0 Å². The van der Waals surface area contributed by atoms with Crippen molar-refractivity contribution in [2.24, 2.45) is 4.99 Å². The van der Waals surface area contributed by atoms with Crippen molar-refractivity contribution in [3.05, 3.63) is 95.6 Å². The summed E-state index contributed by atoms with van der Waals surface area (Å²) in [4.78, 5) is 32.8. The van der Waals surface area contributed by atoms with Crippen LogP contribution >= 0.6 is 0 Å². The number of nitrogens with one attached hydrogen (secondary N) is 2. The highest BCUT2D eigenvalue weighted by molar-refractivity contribution is 6.41. The molecular weight excluding hydrogens is 392 g/mol. The molecule has 7 heteroatoms. The fourth-order valence-electron chi connectivity index (χ4n) is 2.93. The summed E-state index contributed by atoms with van der Waals surface area (Å²) < 4.78 is 4.78. The lowest BCUT2D eigenvalue weighted by Crippen LogP contribution is -2.21. The number of anilines is 1. The summed E-state index contributed by atoms with van der Waals surface area (Å²) in [6.45, 7) is 3.86. The summed E-state index contributed by atoms with van der Waals surface area (Å²) in [5.74, 6) is -0.211. The molecule has 0 unspecified atom stereocenters. The zero-order valence-electron chi connectivity index (χ0n) is 17.6. The van der Waals surface area contributed by atoms with E-state index in [1.807, 2.05) is 44.2 Å². The van der Waals surface area contributed by atoms with Crippen molar-refractivity contribution in [1.82, 2.24) is 10.3 Å². The Labute approximate surface area is 181 Å². The van der Waals surface area contributed by atoms with Gasteiger partial charge in [0.05, 0.1) is 18.7 Å². The zero-order chi connectivity index (χ0) is 22.2. The van der Waals surface area contributed by atoms with Crippen LogP contribution in [-0.2, 0) is 9.53 Å². The first-order valence-corrected chi connectivity index (χ1v) is 9.78. The lowest BCUT2D eigenvalue weighted by molar-refractivity contribution is -0.132. The summed E-state index contributed by atoms with van der Waals surface area (Å²) in [7, 11) is 1.32. The van der Waals surface area contributed by atoms with Gasteiger partial charge in [0, 0.05) is 18.1 Å². The van der Waals surface area contributed by atoms with Gasteiger partial charge in [-0.05, 0) is 55.3 Å². The second-order valence-electron chi connectivity index (χ2n) is 6.98. The predicted octanol–water partition coefficient (Wildman–Crippen LogP) is 3.87. The van der Waals surface area contributed by atoms with E-state index in [0.29, 0.717) is 17.1 Å². The molecule has 31 heavy (non-hydrogen) atoms.